The first-order valence-corrected chi connectivity index (χ1v) is 3.85. The highest BCUT2D eigenvalue weighted by atomic mass is 14.9. The van der Waals surface area contributed by atoms with Crippen LogP contribution in [0.2, 0.25) is 0 Å². The van der Waals surface area contributed by atoms with Crippen LogP contribution in [-0.4, -0.2) is 18.6 Å². The number of hydrogen-bond donors (Lipinski definition) is 0. The van der Waals surface area contributed by atoms with Crippen LogP contribution in [0.3, 0.4) is 0 Å². The van der Waals surface area contributed by atoms with E-state index in [0.717, 1.165) is 17.8 Å². The minimum atomic E-state index is 0.599. The number of aliphatic imine (C=N–C) groups is 3. The van der Waals surface area contributed by atoms with Gasteiger partial charge in [0.25, 0.3) is 0 Å². The molecule has 0 amide bonds. The highest BCUT2D eigenvalue weighted by Gasteiger charge is 2.07. The maximum atomic E-state index is 4.24. The first kappa shape index (κ1) is 9.32. The summed E-state index contributed by atoms with van der Waals surface area (Å²) >= 11 is 0. The van der Waals surface area contributed by atoms with E-state index in [9.17, 15) is 0 Å². The molecule has 0 aromatic carbocycles. The molecule has 0 aliphatic carbocycles. The standard InChI is InChI=1S/C10H11N3/c1-4-12-7-9-5-6-10(13-9)8(2)11-3/h4,6-7H,1-3,5H2. The van der Waals surface area contributed by atoms with E-state index in [1.165, 1.54) is 6.20 Å². The summed E-state index contributed by atoms with van der Waals surface area (Å²) in [6.45, 7) is 10.6. The van der Waals surface area contributed by atoms with Crippen LogP contribution in [0.5, 0.6) is 0 Å². The van der Waals surface area contributed by atoms with Crippen molar-refractivity contribution in [3.05, 3.63) is 36.8 Å². The quantitative estimate of drug-likeness (QED) is 0.584. The van der Waals surface area contributed by atoms with Gasteiger partial charge in [0.1, 0.15) is 0 Å². The lowest BCUT2D eigenvalue weighted by atomic mass is 10.3. The molecule has 13 heavy (non-hydrogen) atoms. The van der Waals surface area contributed by atoms with Gasteiger partial charge >= 0.3 is 0 Å². The molecule has 3 nitrogen and oxygen atoms in total. The Hall–Kier alpha value is -1.77. The smallest absolute Gasteiger partial charge is 0.0848 e. The molecule has 1 heterocycles. The SMILES string of the molecule is C=CN=CC1=NC(C(=C)N=C)=CC1. The lowest BCUT2D eigenvalue weighted by molar-refractivity contribution is 1.28. The Bertz CT molecular complexity index is 332. The second-order valence-corrected chi connectivity index (χ2v) is 2.46. The molecule has 0 saturated carbocycles. The Morgan fingerprint density at radius 2 is 2.38 bits per heavy atom. The molecule has 0 fully saturated rings. The van der Waals surface area contributed by atoms with Crippen molar-refractivity contribution in [1.29, 1.82) is 0 Å². The normalized spacial score (nSPS) is 15.4. The topological polar surface area (TPSA) is 37.1 Å². The average molecular weight is 173 g/mol. The third kappa shape index (κ3) is 2.33. The minimum absolute atomic E-state index is 0.599. The van der Waals surface area contributed by atoms with Gasteiger partial charge in [0, 0.05) is 18.8 Å². The second-order valence-electron chi connectivity index (χ2n) is 2.46. The number of allylic oxidation sites excluding steroid dienone is 1. The van der Waals surface area contributed by atoms with E-state index in [1.54, 1.807) is 6.21 Å². The van der Waals surface area contributed by atoms with E-state index in [-0.39, 0.29) is 0 Å². The van der Waals surface area contributed by atoms with Crippen molar-refractivity contribution in [2.45, 2.75) is 6.42 Å². The minimum Gasteiger partial charge on any atom is -0.263 e. The van der Waals surface area contributed by atoms with Crippen molar-refractivity contribution >= 4 is 18.6 Å². The summed E-state index contributed by atoms with van der Waals surface area (Å²) < 4.78 is 0. The predicted octanol–water partition coefficient (Wildman–Crippen LogP) is 2.14. The second kappa shape index (κ2) is 4.30. The Morgan fingerprint density at radius 3 is 3.00 bits per heavy atom. The molecule has 0 spiro atoms. The molecule has 0 N–H and O–H groups in total. The van der Waals surface area contributed by atoms with Crippen LogP contribution in [0, 0.1) is 0 Å². The van der Waals surface area contributed by atoms with Crippen LogP contribution < -0.4 is 0 Å². The molecule has 1 aliphatic heterocycles. The van der Waals surface area contributed by atoms with Crippen LogP contribution in [0.1, 0.15) is 6.42 Å². The highest BCUT2D eigenvalue weighted by Crippen LogP contribution is 2.17. The fraction of sp³-hybridized carbons (Fsp3) is 0.100. The lowest BCUT2D eigenvalue weighted by Gasteiger charge is -1.93. The van der Waals surface area contributed by atoms with E-state index < -0.39 is 0 Å². The van der Waals surface area contributed by atoms with E-state index >= 15 is 0 Å². The van der Waals surface area contributed by atoms with Crippen molar-refractivity contribution in [1.82, 2.24) is 0 Å². The molecule has 0 aromatic rings. The first-order valence-electron chi connectivity index (χ1n) is 3.85. The average Bonchev–Trinajstić information content (AvgIpc) is 2.62. The Morgan fingerprint density at radius 1 is 1.62 bits per heavy atom. The summed E-state index contributed by atoms with van der Waals surface area (Å²) in [6, 6.07) is 0. The van der Waals surface area contributed by atoms with Gasteiger partial charge in [0.15, 0.2) is 0 Å². The fourth-order valence-electron chi connectivity index (χ4n) is 0.931. The molecule has 1 rings (SSSR count). The number of nitrogens with zero attached hydrogens (tertiary/aromatic N) is 3. The van der Waals surface area contributed by atoms with Crippen LogP contribution in [-0.2, 0) is 0 Å². The molecule has 0 aromatic heterocycles. The Kier molecular flexibility index (Phi) is 3.09. The molecular weight excluding hydrogens is 162 g/mol. The van der Waals surface area contributed by atoms with Crippen LogP contribution >= 0.6 is 0 Å². The largest absolute Gasteiger partial charge is 0.263 e. The third-order valence-corrected chi connectivity index (χ3v) is 1.58. The molecule has 1 aliphatic rings. The molecular formula is C10H11N3. The molecule has 0 atom stereocenters. The van der Waals surface area contributed by atoms with Crippen molar-refractivity contribution in [3.8, 4) is 0 Å². The fourth-order valence-corrected chi connectivity index (χ4v) is 0.931. The Labute approximate surface area is 77.6 Å². The van der Waals surface area contributed by atoms with Crippen molar-refractivity contribution in [2.75, 3.05) is 0 Å². The summed E-state index contributed by atoms with van der Waals surface area (Å²) in [5.74, 6) is 0. The summed E-state index contributed by atoms with van der Waals surface area (Å²) in [4.78, 5) is 11.8. The van der Waals surface area contributed by atoms with Gasteiger partial charge in [0.2, 0.25) is 0 Å². The molecule has 0 bridgehead atoms. The number of rotatable bonds is 4. The number of hydrogen-bond acceptors (Lipinski definition) is 3. The van der Waals surface area contributed by atoms with Gasteiger partial charge in [-0.1, -0.05) is 19.2 Å². The van der Waals surface area contributed by atoms with Gasteiger partial charge in [-0.25, -0.2) is 4.99 Å². The zero-order valence-electron chi connectivity index (χ0n) is 7.40. The van der Waals surface area contributed by atoms with Crippen LogP contribution in [0.4, 0.5) is 0 Å². The van der Waals surface area contributed by atoms with Crippen molar-refractivity contribution in [2.24, 2.45) is 15.0 Å². The molecule has 0 unspecified atom stereocenters. The van der Waals surface area contributed by atoms with Gasteiger partial charge < -0.3 is 0 Å². The lowest BCUT2D eigenvalue weighted by Crippen LogP contribution is -1.92. The van der Waals surface area contributed by atoms with E-state index in [2.05, 4.69) is 34.9 Å². The van der Waals surface area contributed by atoms with Gasteiger partial charge in [-0.2, -0.15) is 0 Å². The van der Waals surface area contributed by atoms with E-state index in [0.29, 0.717) is 5.70 Å². The first-order chi connectivity index (χ1) is 6.27. The monoisotopic (exact) mass is 173 g/mol. The predicted molar refractivity (Wildman–Crippen MR) is 57.5 cm³/mol. The van der Waals surface area contributed by atoms with Gasteiger partial charge in [-0.3, -0.25) is 9.98 Å². The van der Waals surface area contributed by atoms with Gasteiger partial charge in [0.05, 0.1) is 17.1 Å². The zero-order valence-corrected chi connectivity index (χ0v) is 7.40. The van der Waals surface area contributed by atoms with Gasteiger partial charge in [-0.05, 0) is 6.72 Å². The van der Waals surface area contributed by atoms with Crippen molar-refractivity contribution < 1.29 is 0 Å². The maximum absolute atomic E-state index is 4.24. The molecule has 3 heteroatoms. The van der Waals surface area contributed by atoms with Crippen LogP contribution in [0.25, 0.3) is 0 Å². The molecule has 66 valence electrons. The van der Waals surface area contributed by atoms with Crippen molar-refractivity contribution in [3.63, 3.8) is 0 Å². The summed E-state index contributed by atoms with van der Waals surface area (Å²) in [5, 5.41) is 0. The van der Waals surface area contributed by atoms with E-state index in [1.807, 2.05) is 6.08 Å². The third-order valence-electron chi connectivity index (χ3n) is 1.58. The summed E-state index contributed by atoms with van der Waals surface area (Å²) in [7, 11) is 0. The zero-order chi connectivity index (χ0) is 9.68. The van der Waals surface area contributed by atoms with E-state index in [4.69, 9.17) is 0 Å². The van der Waals surface area contributed by atoms with Crippen LogP contribution in [0.15, 0.2) is 51.8 Å². The molecule has 0 radical (unpaired) electrons. The molecule has 0 saturated heterocycles. The Balaban J connectivity index is 2.70. The summed E-state index contributed by atoms with van der Waals surface area (Å²) in [6.07, 6.45) is 5.86. The highest BCUT2D eigenvalue weighted by molar-refractivity contribution is 6.32. The van der Waals surface area contributed by atoms with Gasteiger partial charge in [-0.15, -0.1) is 0 Å². The summed E-state index contributed by atoms with van der Waals surface area (Å²) in [5.41, 5.74) is 2.27. The maximum Gasteiger partial charge on any atom is 0.0848 e.